The van der Waals surface area contributed by atoms with Crippen molar-refractivity contribution < 1.29 is 18.6 Å². The molecule has 1 aliphatic rings. The number of hydrogen-bond acceptors (Lipinski definition) is 5. The summed E-state index contributed by atoms with van der Waals surface area (Å²) >= 11 is 4.91. The molecule has 1 unspecified atom stereocenters. The van der Waals surface area contributed by atoms with E-state index in [2.05, 4.69) is 10.1 Å². The van der Waals surface area contributed by atoms with Crippen molar-refractivity contribution in [3.63, 3.8) is 0 Å². The fourth-order valence-corrected chi connectivity index (χ4v) is 3.17. The third-order valence-electron chi connectivity index (χ3n) is 4.69. The molecular formula is C17H19F2N3O2S. The molecular weight excluding hydrogens is 348 g/mol. The van der Waals surface area contributed by atoms with Crippen LogP contribution in [0.2, 0.25) is 0 Å². The van der Waals surface area contributed by atoms with Crippen molar-refractivity contribution in [1.29, 1.82) is 0 Å². The Kier molecular flexibility index (Phi) is 4.83. The third kappa shape index (κ3) is 3.69. The maximum absolute atomic E-state index is 14.4. The van der Waals surface area contributed by atoms with Crippen molar-refractivity contribution in [1.82, 2.24) is 14.8 Å². The van der Waals surface area contributed by atoms with Gasteiger partial charge in [-0.1, -0.05) is 13.0 Å². The van der Waals surface area contributed by atoms with Crippen LogP contribution in [0.25, 0.3) is 0 Å². The van der Waals surface area contributed by atoms with Gasteiger partial charge in [0.2, 0.25) is 0 Å². The zero-order valence-corrected chi connectivity index (χ0v) is 14.8. The molecule has 5 nitrogen and oxygen atoms in total. The monoisotopic (exact) mass is 367 g/mol. The van der Waals surface area contributed by atoms with Gasteiger partial charge >= 0.3 is 6.01 Å². The topological polar surface area (TPSA) is 60.2 Å². The second-order valence-corrected chi connectivity index (χ2v) is 7.04. The quantitative estimate of drug-likeness (QED) is 0.795. The Balaban J connectivity index is 2.00. The standard InChI is InChI=1S/C17H19F2N3O2S/c1-10(12-3-4-12)17(23,14-6-5-13(18)7-15(14)19)8-22-16(20-9-21-22)24-11(2)25/h5-7,9-10,12,23H,3-4,8H2,1-2H3/t10?,17-/m0/s1. The highest BCUT2D eigenvalue weighted by Gasteiger charge is 2.46. The molecule has 0 spiro atoms. The van der Waals surface area contributed by atoms with Gasteiger partial charge in [-0.05, 0) is 43.0 Å². The number of nitrogens with zero attached hydrogens (tertiary/aromatic N) is 3. The second kappa shape index (κ2) is 6.76. The fourth-order valence-electron chi connectivity index (χ4n) is 3.10. The molecule has 1 fully saturated rings. The van der Waals surface area contributed by atoms with Gasteiger partial charge in [0, 0.05) is 18.6 Å². The first-order valence-corrected chi connectivity index (χ1v) is 8.46. The van der Waals surface area contributed by atoms with Crippen LogP contribution < -0.4 is 4.74 Å². The molecule has 3 rings (SSSR count). The van der Waals surface area contributed by atoms with Gasteiger partial charge in [0.25, 0.3) is 0 Å². The molecule has 0 saturated heterocycles. The largest absolute Gasteiger partial charge is 0.417 e. The molecule has 2 atom stereocenters. The summed E-state index contributed by atoms with van der Waals surface area (Å²) in [6.45, 7) is 3.38. The Morgan fingerprint density at radius 2 is 2.20 bits per heavy atom. The molecule has 1 aromatic heterocycles. The number of aromatic nitrogens is 3. The Hall–Kier alpha value is -1.93. The highest BCUT2D eigenvalue weighted by atomic mass is 32.1. The molecule has 2 aromatic rings. The summed E-state index contributed by atoms with van der Waals surface area (Å²) < 4.78 is 34.4. The van der Waals surface area contributed by atoms with E-state index in [9.17, 15) is 13.9 Å². The molecule has 1 aliphatic carbocycles. The summed E-state index contributed by atoms with van der Waals surface area (Å²) in [6.07, 6.45) is 3.20. The van der Waals surface area contributed by atoms with Crippen molar-refractivity contribution in [2.24, 2.45) is 11.8 Å². The second-order valence-electron chi connectivity index (χ2n) is 6.47. The van der Waals surface area contributed by atoms with Crippen LogP contribution >= 0.6 is 12.2 Å². The minimum atomic E-state index is -1.58. The fraction of sp³-hybridized carbons (Fsp3) is 0.471. The first-order valence-electron chi connectivity index (χ1n) is 8.05. The highest BCUT2D eigenvalue weighted by molar-refractivity contribution is 7.80. The van der Waals surface area contributed by atoms with Crippen LogP contribution in [0, 0.1) is 23.5 Å². The lowest BCUT2D eigenvalue weighted by atomic mass is 9.79. The van der Waals surface area contributed by atoms with Crippen molar-refractivity contribution in [3.05, 3.63) is 41.7 Å². The van der Waals surface area contributed by atoms with Gasteiger partial charge in [-0.2, -0.15) is 10.1 Å². The lowest BCUT2D eigenvalue weighted by Gasteiger charge is -2.35. The Bertz CT molecular complexity index is 794. The van der Waals surface area contributed by atoms with Crippen LogP contribution in [-0.2, 0) is 12.1 Å². The van der Waals surface area contributed by atoms with E-state index in [1.165, 1.54) is 17.1 Å². The summed E-state index contributed by atoms with van der Waals surface area (Å²) in [5.74, 6) is -1.46. The molecule has 1 aromatic carbocycles. The van der Waals surface area contributed by atoms with Crippen molar-refractivity contribution in [2.75, 3.05) is 0 Å². The smallest absolute Gasteiger partial charge is 0.320 e. The Labute approximate surface area is 149 Å². The van der Waals surface area contributed by atoms with E-state index in [4.69, 9.17) is 17.0 Å². The highest BCUT2D eigenvalue weighted by Crippen LogP contribution is 2.47. The molecule has 1 N–H and O–H groups in total. The molecule has 1 heterocycles. The summed E-state index contributed by atoms with van der Waals surface area (Å²) in [6, 6.07) is 3.32. The minimum Gasteiger partial charge on any atom is -0.417 e. The van der Waals surface area contributed by atoms with E-state index >= 15 is 0 Å². The summed E-state index contributed by atoms with van der Waals surface area (Å²) in [5.41, 5.74) is -1.55. The lowest BCUT2D eigenvalue weighted by molar-refractivity contribution is -0.0480. The van der Waals surface area contributed by atoms with E-state index in [0.717, 1.165) is 25.0 Å². The number of rotatable bonds is 6. The molecule has 25 heavy (non-hydrogen) atoms. The molecule has 0 bridgehead atoms. The number of hydrogen-bond donors (Lipinski definition) is 1. The first-order chi connectivity index (χ1) is 11.8. The van der Waals surface area contributed by atoms with E-state index in [1.807, 2.05) is 6.92 Å². The predicted octanol–water partition coefficient (Wildman–Crippen LogP) is 3.22. The van der Waals surface area contributed by atoms with Crippen molar-refractivity contribution in [3.8, 4) is 6.01 Å². The van der Waals surface area contributed by atoms with E-state index in [-0.39, 0.29) is 35.0 Å². The van der Waals surface area contributed by atoms with E-state index in [1.54, 1.807) is 6.92 Å². The van der Waals surface area contributed by atoms with Crippen LogP contribution in [0.4, 0.5) is 8.78 Å². The van der Waals surface area contributed by atoms with Crippen LogP contribution in [0.1, 0.15) is 32.3 Å². The van der Waals surface area contributed by atoms with Gasteiger partial charge in [0.05, 0.1) is 6.54 Å². The number of ether oxygens (including phenoxy) is 1. The average Bonchev–Trinajstić information content (AvgIpc) is 3.29. The summed E-state index contributed by atoms with van der Waals surface area (Å²) in [5, 5.41) is 15.7. The zero-order chi connectivity index (χ0) is 18.2. The van der Waals surface area contributed by atoms with Gasteiger partial charge in [0.15, 0.2) is 5.05 Å². The third-order valence-corrected chi connectivity index (χ3v) is 4.77. The SMILES string of the molecule is CC(=S)Oc1ncnn1C[C@@](O)(c1ccc(F)cc1F)C(C)C1CC1. The van der Waals surface area contributed by atoms with Crippen LogP contribution in [0.5, 0.6) is 6.01 Å². The van der Waals surface area contributed by atoms with Crippen molar-refractivity contribution >= 4 is 17.3 Å². The summed E-state index contributed by atoms with van der Waals surface area (Å²) in [4.78, 5) is 3.97. The van der Waals surface area contributed by atoms with E-state index < -0.39 is 17.2 Å². The minimum absolute atomic E-state index is 0.0359. The normalized spacial score (nSPS) is 17.8. The van der Waals surface area contributed by atoms with Crippen LogP contribution in [0.15, 0.2) is 24.5 Å². The Morgan fingerprint density at radius 1 is 1.48 bits per heavy atom. The molecule has 134 valence electrons. The van der Waals surface area contributed by atoms with Crippen LogP contribution in [-0.4, -0.2) is 24.9 Å². The molecule has 1 saturated carbocycles. The van der Waals surface area contributed by atoms with Gasteiger partial charge in [-0.3, -0.25) is 0 Å². The first kappa shape index (κ1) is 17.9. The van der Waals surface area contributed by atoms with Gasteiger partial charge < -0.3 is 9.84 Å². The van der Waals surface area contributed by atoms with Crippen molar-refractivity contribution in [2.45, 2.75) is 38.8 Å². The molecule has 8 heteroatoms. The summed E-state index contributed by atoms with van der Waals surface area (Å²) in [7, 11) is 0. The number of thiocarbonyl (C=S) groups is 1. The van der Waals surface area contributed by atoms with Crippen LogP contribution in [0.3, 0.4) is 0 Å². The number of halogens is 2. The molecule has 0 aliphatic heterocycles. The number of benzene rings is 1. The number of aliphatic hydroxyl groups is 1. The van der Waals surface area contributed by atoms with E-state index in [0.29, 0.717) is 0 Å². The molecule has 0 radical (unpaired) electrons. The van der Waals surface area contributed by atoms with Gasteiger partial charge in [-0.15, -0.1) is 0 Å². The lowest BCUT2D eigenvalue weighted by Crippen LogP contribution is -2.40. The molecule has 0 amide bonds. The zero-order valence-electron chi connectivity index (χ0n) is 13.9. The van der Waals surface area contributed by atoms with Gasteiger partial charge in [-0.25, -0.2) is 13.5 Å². The predicted molar refractivity (Wildman–Crippen MR) is 91.1 cm³/mol. The van der Waals surface area contributed by atoms with Gasteiger partial charge in [0.1, 0.15) is 23.6 Å². The maximum atomic E-state index is 14.4. The Morgan fingerprint density at radius 3 is 2.80 bits per heavy atom. The maximum Gasteiger partial charge on any atom is 0.320 e. The average molecular weight is 367 g/mol.